The van der Waals surface area contributed by atoms with E-state index in [0.29, 0.717) is 11.1 Å². The number of imide groups is 1. The molecule has 0 saturated carbocycles. The Hall–Kier alpha value is -2.94. The van der Waals surface area contributed by atoms with Crippen molar-refractivity contribution in [1.82, 2.24) is 20.2 Å². The molecule has 3 aromatic rings. The van der Waals surface area contributed by atoms with Gasteiger partial charge in [-0.1, -0.05) is 0 Å². The SMILES string of the molecule is O=C(Cn1cnc2sc3c(c2c1=O)CCCC3)NC(=O)NCc1ccco1. The fourth-order valence-electron chi connectivity index (χ4n) is 3.24. The van der Waals surface area contributed by atoms with E-state index in [1.165, 1.54) is 22.0 Å². The second kappa shape index (κ2) is 7.36. The first kappa shape index (κ1) is 17.5. The Labute approximate surface area is 158 Å². The number of thiophene rings is 1. The number of fused-ring (bicyclic) bond motifs is 3. The first-order valence-electron chi connectivity index (χ1n) is 8.71. The van der Waals surface area contributed by atoms with Crippen LogP contribution in [-0.4, -0.2) is 21.5 Å². The Morgan fingerprint density at radius 2 is 2.15 bits per heavy atom. The zero-order chi connectivity index (χ0) is 18.8. The molecule has 3 heterocycles. The van der Waals surface area contributed by atoms with Gasteiger partial charge in [-0.3, -0.25) is 19.5 Å². The number of carbonyl (C=O) groups excluding carboxylic acids is 2. The van der Waals surface area contributed by atoms with E-state index in [0.717, 1.165) is 36.1 Å². The summed E-state index contributed by atoms with van der Waals surface area (Å²) in [4.78, 5) is 43.0. The van der Waals surface area contributed by atoms with Gasteiger partial charge in [0.2, 0.25) is 5.91 Å². The molecule has 0 bridgehead atoms. The molecule has 8 nitrogen and oxygen atoms in total. The van der Waals surface area contributed by atoms with Gasteiger partial charge >= 0.3 is 6.03 Å². The highest BCUT2D eigenvalue weighted by atomic mass is 32.1. The van der Waals surface area contributed by atoms with Crippen LogP contribution in [0.4, 0.5) is 4.79 Å². The number of carbonyl (C=O) groups is 2. The highest BCUT2D eigenvalue weighted by molar-refractivity contribution is 7.18. The Morgan fingerprint density at radius 3 is 2.96 bits per heavy atom. The summed E-state index contributed by atoms with van der Waals surface area (Å²) in [6, 6.07) is 2.77. The van der Waals surface area contributed by atoms with Crippen molar-refractivity contribution in [3.8, 4) is 0 Å². The molecule has 3 aromatic heterocycles. The lowest BCUT2D eigenvalue weighted by atomic mass is 9.97. The van der Waals surface area contributed by atoms with Crippen molar-refractivity contribution in [2.45, 2.75) is 38.8 Å². The molecule has 0 unspecified atom stereocenters. The zero-order valence-electron chi connectivity index (χ0n) is 14.5. The molecule has 0 fully saturated rings. The summed E-state index contributed by atoms with van der Waals surface area (Å²) >= 11 is 1.56. The van der Waals surface area contributed by atoms with Gasteiger partial charge in [-0.2, -0.15) is 0 Å². The first-order chi connectivity index (χ1) is 13.1. The molecule has 1 aliphatic carbocycles. The van der Waals surface area contributed by atoms with E-state index in [4.69, 9.17) is 4.42 Å². The Balaban J connectivity index is 1.45. The standard InChI is InChI=1S/C18H18N4O4S/c23-14(21-18(25)19-8-11-4-3-7-26-11)9-22-10-20-16-15(17(22)24)12-5-1-2-6-13(12)27-16/h3-4,7,10H,1-2,5-6,8-9H2,(H2,19,21,23,25). The van der Waals surface area contributed by atoms with Gasteiger partial charge in [0.25, 0.3) is 5.56 Å². The topological polar surface area (TPSA) is 106 Å². The lowest BCUT2D eigenvalue weighted by Gasteiger charge is -2.10. The van der Waals surface area contributed by atoms with Crippen molar-refractivity contribution in [3.63, 3.8) is 0 Å². The number of furan rings is 1. The van der Waals surface area contributed by atoms with Gasteiger partial charge in [0, 0.05) is 4.88 Å². The molecule has 140 valence electrons. The third kappa shape index (κ3) is 3.63. The normalized spacial score (nSPS) is 13.3. The molecule has 0 aliphatic heterocycles. The summed E-state index contributed by atoms with van der Waals surface area (Å²) < 4.78 is 6.35. The van der Waals surface area contributed by atoms with E-state index >= 15 is 0 Å². The maximum atomic E-state index is 12.8. The number of hydrogen-bond acceptors (Lipinski definition) is 6. The van der Waals surface area contributed by atoms with Crippen molar-refractivity contribution >= 4 is 33.5 Å². The molecule has 1 aliphatic rings. The van der Waals surface area contributed by atoms with Crippen LogP contribution < -0.4 is 16.2 Å². The lowest BCUT2D eigenvalue weighted by molar-refractivity contribution is -0.120. The number of aryl methyl sites for hydroxylation is 2. The molecular weight excluding hydrogens is 368 g/mol. The summed E-state index contributed by atoms with van der Waals surface area (Å²) in [5.74, 6) is -0.00927. The predicted molar refractivity (Wildman–Crippen MR) is 99.6 cm³/mol. The predicted octanol–water partition coefficient (Wildman–Crippen LogP) is 1.96. The number of aromatic nitrogens is 2. The molecule has 0 radical (unpaired) electrons. The minimum Gasteiger partial charge on any atom is -0.467 e. The summed E-state index contributed by atoms with van der Waals surface area (Å²) in [5, 5.41) is 5.34. The van der Waals surface area contributed by atoms with E-state index in [-0.39, 0.29) is 18.6 Å². The molecule has 0 atom stereocenters. The summed E-state index contributed by atoms with van der Waals surface area (Å²) in [7, 11) is 0. The van der Waals surface area contributed by atoms with Crippen LogP contribution in [0.5, 0.6) is 0 Å². The van der Waals surface area contributed by atoms with Gasteiger partial charge in [0.1, 0.15) is 17.1 Å². The Kier molecular flexibility index (Phi) is 4.76. The quantitative estimate of drug-likeness (QED) is 0.713. The average molecular weight is 386 g/mol. The van der Waals surface area contributed by atoms with Gasteiger partial charge in [-0.15, -0.1) is 11.3 Å². The fourth-order valence-corrected chi connectivity index (χ4v) is 4.46. The van der Waals surface area contributed by atoms with Crippen molar-refractivity contribution < 1.29 is 14.0 Å². The van der Waals surface area contributed by atoms with Crippen LogP contribution in [0.25, 0.3) is 10.2 Å². The average Bonchev–Trinajstić information content (AvgIpc) is 3.29. The maximum absolute atomic E-state index is 12.8. The third-order valence-electron chi connectivity index (χ3n) is 4.51. The molecule has 0 spiro atoms. The zero-order valence-corrected chi connectivity index (χ0v) is 15.3. The van der Waals surface area contributed by atoms with Crippen LogP contribution in [-0.2, 0) is 30.7 Å². The monoisotopic (exact) mass is 386 g/mol. The number of nitrogens with one attached hydrogen (secondary N) is 2. The van der Waals surface area contributed by atoms with E-state index in [9.17, 15) is 14.4 Å². The van der Waals surface area contributed by atoms with Crippen LogP contribution in [0.15, 0.2) is 33.9 Å². The van der Waals surface area contributed by atoms with Crippen molar-refractivity contribution in [3.05, 3.63) is 51.3 Å². The lowest BCUT2D eigenvalue weighted by Crippen LogP contribution is -2.41. The third-order valence-corrected chi connectivity index (χ3v) is 5.71. The first-order valence-corrected chi connectivity index (χ1v) is 9.53. The second-order valence-corrected chi connectivity index (χ2v) is 7.46. The molecule has 3 amide bonds. The molecule has 2 N–H and O–H groups in total. The van der Waals surface area contributed by atoms with Crippen molar-refractivity contribution in [2.24, 2.45) is 0 Å². The maximum Gasteiger partial charge on any atom is 0.321 e. The Morgan fingerprint density at radius 1 is 1.30 bits per heavy atom. The summed E-state index contributed by atoms with van der Waals surface area (Å²) in [5.41, 5.74) is 0.843. The number of amides is 3. The largest absolute Gasteiger partial charge is 0.467 e. The second-order valence-electron chi connectivity index (χ2n) is 6.38. The van der Waals surface area contributed by atoms with Gasteiger partial charge in [-0.25, -0.2) is 9.78 Å². The molecule has 27 heavy (non-hydrogen) atoms. The van der Waals surface area contributed by atoms with Crippen LogP contribution >= 0.6 is 11.3 Å². The van der Waals surface area contributed by atoms with Crippen molar-refractivity contribution in [2.75, 3.05) is 0 Å². The number of hydrogen-bond donors (Lipinski definition) is 2. The van der Waals surface area contributed by atoms with Gasteiger partial charge in [0.05, 0.1) is 24.5 Å². The summed E-state index contributed by atoms with van der Waals surface area (Å²) in [6.07, 6.45) is 6.91. The van der Waals surface area contributed by atoms with Gasteiger partial charge < -0.3 is 9.73 Å². The molecule has 9 heteroatoms. The van der Waals surface area contributed by atoms with Gasteiger partial charge in [-0.05, 0) is 43.4 Å². The minimum atomic E-state index is -0.647. The molecule has 0 aromatic carbocycles. The molecule has 0 saturated heterocycles. The number of nitrogens with zero attached hydrogens (tertiary/aromatic N) is 2. The summed E-state index contributed by atoms with van der Waals surface area (Å²) in [6.45, 7) is -0.0960. The number of urea groups is 1. The number of rotatable bonds is 4. The molecule has 4 rings (SSSR count). The van der Waals surface area contributed by atoms with Crippen molar-refractivity contribution in [1.29, 1.82) is 0 Å². The van der Waals surface area contributed by atoms with E-state index in [1.807, 2.05) is 0 Å². The Bertz CT molecular complexity index is 1050. The smallest absolute Gasteiger partial charge is 0.321 e. The molecular formula is C18H18N4O4S. The van der Waals surface area contributed by atoms with E-state index in [1.54, 1.807) is 23.5 Å². The highest BCUT2D eigenvalue weighted by Crippen LogP contribution is 2.33. The highest BCUT2D eigenvalue weighted by Gasteiger charge is 2.20. The van der Waals surface area contributed by atoms with Crippen LogP contribution in [0.3, 0.4) is 0 Å². The van der Waals surface area contributed by atoms with E-state index < -0.39 is 11.9 Å². The fraction of sp³-hybridized carbons (Fsp3) is 0.333. The van der Waals surface area contributed by atoms with Crippen LogP contribution in [0.1, 0.15) is 29.0 Å². The minimum absolute atomic E-state index is 0.167. The van der Waals surface area contributed by atoms with Crippen LogP contribution in [0.2, 0.25) is 0 Å². The van der Waals surface area contributed by atoms with Gasteiger partial charge in [0.15, 0.2) is 0 Å². The van der Waals surface area contributed by atoms with E-state index in [2.05, 4.69) is 15.6 Å². The van der Waals surface area contributed by atoms with Crippen LogP contribution in [0, 0.1) is 0 Å².